The fraction of sp³-hybridized carbons (Fsp3) is 0.182. The van der Waals surface area contributed by atoms with Crippen LogP contribution in [0.15, 0.2) is 35.5 Å². The standard InChI is InChI=1S/C11H10N2O4/c12-10(14)9-7(11(15)16)8(13-17-9)6-4-2-1-3-5-6/h1-5,7,9H,(H2,12,14)(H,15,16)/t7-,9+/m1/s1. The summed E-state index contributed by atoms with van der Waals surface area (Å²) in [4.78, 5) is 27.0. The van der Waals surface area contributed by atoms with Gasteiger partial charge in [0.25, 0.3) is 5.91 Å². The lowest BCUT2D eigenvalue weighted by atomic mass is 9.92. The van der Waals surface area contributed by atoms with Crippen LogP contribution >= 0.6 is 0 Å². The Bertz CT molecular complexity index is 484. The number of carbonyl (C=O) groups excluding carboxylic acids is 1. The van der Waals surface area contributed by atoms with Gasteiger partial charge < -0.3 is 15.7 Å². The quantitative estimate of drug-likeness (QED) is 0.766. The van der Waals surface area contributed by atoms with E-state index in [0.29, 0.717) is 5.56 Å². The van der Waals surface area contributed by atoms with E-state index in [0.717, 1.165) is 0 Å². The minimum Gasteiger partial charge on any atom is -0.481 e. The number of carboxylic acid groups (broad SMARTS) is 1. The fourth-order valence-electron chi connectivity index (χ4n) is 1.68. The number of primary amides is 1. The van der Waals surface area contributed by atoms with Gasteiger partial charge in [-0.1, -0.05) is 35.5 Å². The molecule has 0 unspecified atom stereocenters. The van der Waals surface area contributed by atoms with Crippen LogP contribution in [0.5, 0.6) is 0 Å². The first-order valence-corrected chi connectivity index (χ1v) is 4.92. The molecule has 3 N–H and O–H groups in total. The van der Waals surface area contributed by atoms with Crippen LogP contribution in [0.3, 0.4) is 0 Å². The molecule has 0 fully saturated rings. The zero-order chi connectivity index (χ0) is 12.4. The maximum absolute atomic E-state index is 11.1. The van der Waals surface area contributed by atoms with E-state index < -0.39 is 23.9 Å². The highest BCUT2D eigenvalue weighted by Crippen LogP contribution is 2.23. The van der Waals surface area contributed by atoms with E-state index in [4.69, 9.17) is 15.7 Å². The highest BCUT2D eigenvalue weighted by atomic mass is 16.6. The third-order valence-corrected chi connectivity index (χ3v) is 2.48. The summed E-state index contributed by atoms with van der Waals surface area (Å²) in [6.07, 6.45) is -1.25. The highest BCUT2D eigenvalue weighted by molar-refractivity contribution is 6.15. The van der Waals surface area contributed by atoms with Gasteiger partial charge in [-0.3, -0.25) is 9.59 Å². The van der Waals surface area contributed by atoms with Gasteiger partial charge in [0.05, 0.1) is 0 Å². The molecular weight excluding hydrogens is 224 g/mol. The van der Waals surface area contributed by atoms with E-state index in [-0.39, 0.29) is 5.71 Å². The Hall–Kier alpha value is -2.37. The second-order valence-electron chi connectivity index (χ2n) is 3.59. The number of carboxylic acids is 1. The van der Waals surface area contributed by atoms with E-state index in [2.05, 4.69) is 5.16 Å². The van der Waals surface area contributed by atoms with Crippen molar-refractivity contribution in [1.82, 2.24) is 0 Å². The number of amides is 1. The number of nitrogens with zero attached hydrogens (tertiary/aromatic N) is 1. The molecule has 0 bridgehead atoms. The minimum atomic E-state index is -1.25. The summed E-state index contributed by atoms with van der Waals surface area (Å²) in [5.74, 6) is -3.18. The van der Waals surface area contributed by atoms with Crippen molar-refractivity contribution in [2.75, 3.05) is 0 Å². The number of aliphatic carboxylic acids is 1. The van der Waals surface area contributed by atoms with E-state index in [1.54, 1.807) is 30.3 Å². The molecule has 1 aliphatic heterocycles. The molecule has 0 saturated carbocycles. The number of hydrogen-bond donors (Lipinski definition) is 2. The smallest absolute Gasteiger partial charge is 0.317 e. The van der Waals surface area contributed by atoms with Gasteiger partial charge in [0.2, 0.25) is 6.10 Å². The van der Waals surface area contributed by atoms with Gasteiger partial charge in [-0.05, 0) is 0 Å². The molecule has 2 atom stereocenters. The fourth-order valence-corrected chi connectivity index (χ4v) is 1.68. The molecule has 0 aliphatic carbocycles. The molecule has 0 aromatic heterocycles. The summed E-state index contributed by atoms with van der Waals surface area (Å²) in [6.45, 7) is 0. The summed E-state index contributed by atoms with van der Waals surface area (Å²) in [6, 6.07) is 8.67. The predicted molar refractivity (Wildman–Crippen MR) is 58.2 cm³/mol. The zero-order valence-electron chi connectivity index (χ0n) is 8.74. The van der Waals surface area contributed by atoms with E-state index in [1.807, 2.05) is 0 Å². The monoisotopic (exact) mass is 234 g/mol. The van der Waals surface area contributed by atoms with Crippen LogP contribution in [0.2, 0.25) is 0 Å². The number of oxime groups is 1. The first-order chi connectivity index (χ1) is 8.11. The molecule has 1 heterocycles. The lowest BCUT2D eigenvalue weighted by Gasteiger charge is -2.11. The number of benzene rings is 1. The first kappa shape index (κ1) is 11.1. The minimum absolute atomic E-state index is 0.210. The number of rotatable bonds is 3. The van der Waals surface area contributed by atoms with Gasteiger partial charge in [-0.25, -0.2) is 0 Å². The Morgan fingerprint density at radius 1 is 1.29 bits per heavy atom. The molecule has 1 aromatic carbocycles. The molecule has 1 aliphatic rings. The van der Waals surface area contributed by atoms with Gasteiger partial charge in [-0.2, -0.15) is 0 Å². The number of hydrogen-bond acceptors (Lipinski definition) is 4. The summed E-state index contributed by atoms with van der Waals surface area (Å²) >= 11 is 0. The molecule has 1 aromatic rings. The van der Waals surface area contributed by atoms with E-state index in [9.17, 15) is 9.59 Å². The van der Waals surface area contributed by atoms with E-state index in [1.165, 1.54) is 0 Å². The van der Waals surface area contributed by atoms with Crippen molar-refractivity contribution in [2.24, 2.45) is 16.8 Å². The van der Waals surface area contributed by atoms with Crippen molar-refractivity contribution in [1.29, 1.82) is 0 Å². The van der Waals surface area contributed by atoms with Crippen LogP contribution in [-0.2, 0) is 14.4 Å². The van der Waals surface area contributed by atoms with Gasteiger partial charge in [0, 0.05) is 5.56 Å². The maximum Gasteiger partial charge on any atom is 0.317 e. The van der Waals surface area contributed by atoms with Crippen molar-refractivity contribution in [2.45, 2.75) is 6.10 Å². The summed E-state index contributed by atoms with van der Waals surface area (Å²) in [5, 5.41) is 12.7. The van der Waals surface area contributed by atoms with E-state index >= 15 is 0 Å². The molecule has 0 spiro atoms. The molecule has 0 saturated heterocycles. The van der Waals surface area contributed by atoms with Crippen molar-refractivity contribution < 1.29 is 19.5 Å². The SMILES string of the molecule is NC(=O)[C@H]1ON=C(c2ccccc2)[C@H]1C(=O)O. The van der Waals surface area contributed by atoms with Crippen molar-refractivity contribution in [3.05, 3.63) is 35.9 Å². The summed E-state index contributed by atoms with van der Waals surface area (Å²) in [7, 11) is 0. The van der Waals surface area contributed by atoms with Crippen LogP contribution in [0.25, 0.3) is 0 Å². The molecule has 88 valence electrons. The van der Waals surface area contributed by atoms with Crippen LogP contribution in [0, 0.1) is 5.92 Å². The number of carbonyl (C=O) groups is 2. The zero-order valence-corrected chi connectivity index (χ0v) is 8.74. The average molecular weight is 234 g/mol. The molecule has 0 radical (unpaired) electrons. The van der Waals surface area contributed by atoms with Gasteiger partial charge in [0.15, 0.2) is 5.92 Å². The topological polar surface area (TPSA) is 102 Å². The Morgan fingerprint density at radius 2 is 1.94 bits per heavy atom. The first-order valence-electron chi connectivity index (χ1n) is 4.92. The molecule has 2 rings (SSSR count). The Morgan fingerprint density at radius 3 is 2.47 bits per heavy atom. The van der Waals surface area contributed by atoms with Crippen molar-refractivity contribution in [3.63, 3.8) is 0 Å². The Kier molecular flexibility index (Phi) is 2.78. The molecule has 17 heavy (non-hydrogen) atoms. The van der Waals surface area contributed by atoms with Gasteiger partial charge in [-0.15, -0.1) is 0 Å². The lowest BCUT2D eigenvalue weighted by Crippen LogP contribution is -2.40. The number of nitrogens with two attached hydrogens (primary N) is 1. The second-order valence-corrected chi connectivity index (χ2v) is 3.59. The van der Waals surface area contributed by atoms with Crippen LogP contribution < -0.4 is 5.73 Å². The normalized spacial score (nSPS) is 22.7. The van der Waals surface area contributed by atoms with Crippen molar-refractivity contribution >= 4 is 17.6 Å². The lowest BCUT2D eigenvalue weighted by molar-refractivity contribution is -0.147. The largest absolute Gasteiger partial charge is 0.481 e. The summed E-state index contributed by atoms with van der Waals surface area (Å²) < 4.78 is 0. The van der Waals surface area contributed by atoms with Gasteiger partial charge >= 0.3 is 5.97 Å². The summed E-state index contributed by atoms with van der Waals surface area (Å²) in [5.41, 5.74) is 5.88. The van der Waals surface area contributed by atoms with Crippen LogP contribution in [0.4, 0.5) is 0 Å². The Balaban J connectivity index is 2.36. The molecule has 6 heteroatoms. The van der Waals surface area contributed by atoms with Crippen molar-refractivity contribution in [3.8, 4) is 0 Å². The second kappa shape index (κ2) is 4.25. The molecule has 6 nitrogen and oxygen atoms in total. The maximum atomic E-state index is 11.1. The molecule has 1 amide bonds. The predicted octanol–water partition coefficient (Wildman–Crippen LogP) is -0.0244. The highest BCUT2D eigenvalue weighted by Gasteiger charge is 2.44. The van der Waals surface area contributed by atoms with Crippen LogP contribution in [-0.4, -0.2) is 28.8 Å². The van der Waals surface area contributed by atoms with Crippen LogP contribution in [0.1, 0.15) is 5.56 Å². The Labute approximate surface area is 96.7 Å². The van der Waals surface area contributed by atoms with Gasteiger partial charge in [0.1, 0.15) is 5.71 Å². The third-order valence-electron chi connectivity index (χ3n) is 2.48. The average Bonchev–Trinajstić information content (AvgIpc) is 2.74. The third kappa shape index (κ3) is 1.96. The molecular formula is C11H10N2O4.